The van der Waals surface area contributed by atoms with Gasteiger partial charge < -0.3 is 5.32 Å². The first kappa shape index (κ1) is 17.6. The lowest BCUT2D eigenvalue weighted by Crippen LogP contribution is -2.29. The van der Waals surface area contributed by atoms with E-state index in [0.29, 0.717) is 5.69 Å². The van der Waals surface area contributed by atoms with Gasteiger partial charge in [0, 0.05) is 25.4 Å². The minimum absolute atomic E-state index is 0.0876. The van der Waals surface area contributed by atoms with E-state index >= 15 is 0 Å². The maximum absolute atomic E-state index is 12.9. The summed E-state index contributed by atoms with van der Waals surface area (Å²) in [6.07, 6.45) is -2.17. The highest BCUT2D eigenvalue weighted by molar-refractivity contribution is 5.93. The van der Waals surface area contributed by atoms with Gasteiger partial charge >= 0.3 is 6.18 Å². The fraction of sp³-hybridized carbons (Fsp3) is 0.250. The molecule has 3 rings (SSSR count). The summed E-state index contributed by atoms with van der Waals surface area (Å²) in [5, 5.41) is 14.0. The Balaban J connectivity index is 1.61. The zero-order valence-electron chi connectivity index (χ0n) is 13.7. The van der Waals surface area contributed by atoms with Crippen LogP contribution in [0.15, 0.2) is 42.7 Å². The number of carbonyl (C=O) groups excluding carboxylic acids is 1. The molecule has 3 aromatic rings. The summed E-state index contributed by atoms with van der Waals surface area (Å²) in [6, 6.07) is 9.40. The van der Waals surface area contributed by atoms with Crippen LogP contribution in [-0.2, 0) is 19.8 Å². The highest BCUT2D eigenvalue weighted by atomic mass is 19.4. The molecule has 0 aliphatic heterocycles. The Hall–Kier alpha value is -3.17. The molecule has 0 saturated carbocycles. The third-order valence-corrected chi connectivity index (χ3v) is 3.58. The number of hydrogen-bond acceptors (Lipinski definition) is 4. The molecule has 0 bridgehead atoms. The maximum atomic E-state index is 12.9. The van der Waals surface area contributed by atoms with Crippen molar-refractivity contribution in [3.8, 4) is 11.3 Å². The van der Waals surface area contributed by atoms with Crippen LogP contribution < -0.4 is 5.32 Å². The molecule has 2 heterocycles. The lowest BCUT2D eigenvalue weighted by atomic mass is 10.2. The SMILES string of the molecule is Cn1cc(C(F)(F)F)c(C(=O)NCCn2cc(-c3ccccc3)nn2)n1. The summed E-state index contributed by atoms with van der Waals surface area (Å²) in [6.45, 7) is 0.351. The van der Waals surface area contributed by atoms with E-state index in [2.05, 4.69) is 20.7 Å². The Morgan fingerprint density at radius 3 is 2.62 bits per heavy atom. The zero-order valence-corrected chi connectivity index (χ0v) is 13.7. The quantitative estimate of drug-likeness (QED) is 0.752. The number of aryl methyl sites for hydroxylation is 1. The van der Waals surface area contributed by atoms with Crippen molar-refractivity contribution in [2.45, 2.75) is 12.7 Å². The highest BCUT2D eigenvalue weighted by Gasteiger charge is 2.37. The molecule has 1 amide bonds. The first-order valence-corrected chi connectivity index (χ1v) is 7.69. The van der Waals surface area contributed by atoms with E-state index in [-0.39, 0.29) is 13.1 Å². The molecule has 0 saturated heterocycles. The second-order valence-electron chi connectivity index (χ2n) is 5.55. The lowest BCUT2D eigenvalue weighted by Gasteiger charge is -2.07. The fourth-order valence-electron chi connectivity index (χ4n) is 2.38. The Kier molecular flexibility index (Phi) is 4.74. The third kappa shape index (κ3) is 3.90. The Labute approximate surface area is 146 Å². The minimum atomic E-state index is -4.64. The van der Waals surface area contributed by atoms with E-state index in [1.165, 1.54) is 11.7 Å². The molecule has 2 aromatic heterocycles. The van der Waals surface area contributed by atoms with Crippen molar-refractivity contribution < 1.29 is 18.0 Å². The lowest BCUT2D eigenvalue weighted by molar-refractivity contribution is -0.138. The molecule has 0 radical (unpaired) electrons. The van der Waals surface area contributed by atoms with Gasteiger partial charge in [0.1, 0.15) is 11.3 Å². The van der Waals surface area contributed by atoms with Gasteiger partial charge in [0.05, 0.1) is 12.7 Å². The summed E-state index contributed by atoms with van der Waals surface area (Å²) in [5.41, 5.74) is -0.153. The first-order chi connectivity index (χ1) is 12.3. The monoisotopic (exact) mass is 364 g/mol. The average Bonchev–Trinajstić information content (AvgIpc) is 3.22. The summed E-state index contributed by atoms with van der Waals surface area (Å²) >= 11 is 0. The van der Waals surface area contributed by atoms with Crippen LogP contribution >= 0.6 is 0 Å². The van der Waals surface area contributed by atoms with Crippen LogP contribution in [0, 0.1) is 0 Å². The van der Waals surface area contributed by atoms with E-state index in [1.54, 1.807) is 6.20 Å². The van der Waals surface area contributed by atoms with Crippen molar-refractivity contribution in [2.24, 2.45) is 7.05 Å². The number of nitrogens with zero attached hydrogens (tertiary/aromatic N) is 5. The molecule has 0 unspecified atom stereocenters. The van der Waals surface area contributed by atoms with Crippen LogP contribution in [0.1, 0.15) is 16.1 Å². The fourth-order valence-corrected chi connectivity index (χ4v) is 2.38. The Morgan fingerprint density at radius 2 is 1.92 bits per heavy atom. The normalized spacial score (nSPS) is 11.5. The number of hydrogen-bond donors (Lipinski definition) is 1. The van der Waals surface area contributed by atoms with Crippen molar-refractivity contribution in [3.63, 3.8) is 0 Å². The Bertz CT molecular complexity index is 900. The van der Waals surface area contributed by atoms with Crippen LogP contribution in [-0.4, -0.2) is 37.2 Å². The molecule has 7 nitrogen and oxygen atoms in total. The predicted molar refractivity (Wildman–Crippen MR) is 86.0 cm³/mol. The molecule has 136 valence electrons. The Morgan fingerprint density at radius 1 is 1.19 bits per heavy atom. The highest BCUT2D eigenvalue weighted by Crippen LogP contribution is 2.31. The summed E-state index contributed by atoms with van der Waals surface area (Å²) in [4.78, 5) is 12.0. The van der Waals surface area contributed by atoms with Gasteiger partial charge in [-0.15, -0.1) is 5.10 Å². The van der Waals surface area contributed by atoms with Crippen molar-refractivity contribution in [3.05, 3.63) is 54.0 Å². The van der Waals surface area contributed by atoms with Crippen LogP contribution in [0.3, 0.4) is 0 Å². The van der Waals surface area contributed by atoms with Crippen molar-refractivity contribution in [1.29, 1.82) is 0 Å². The van der Waals surface area contributed by atoms with Gasteiger partial charge in [-0.05, 0) is 0 Å². The molecule has 26 heavy (non-hydrogen) atoms. The van der Waals surface area contributed by atoms with Crippen molar-refractivity contribution in [1.82, 2.24) is 30.1 Å². The second-order valence-corrected chi connectivity index (χ2v) is 5.55. The van der Waals surface area contributed by atoms with Crippen LogP contribution in [0.2, 0.25) is 0 Å². The maximum Gasteiger partial charge on any atom is 0.420 e. The van der Waals surface area contributed by atoms with Gasteiger partial charge in [-0.25, -0.2) is 0 Å². The first-order valence-electron chi connectivity index (χ1n) is 7.69. The predicted octanol–water partition coefficient (Wildman–Crippen LogP) is 2.13. The van der Waals surface area contributed by atoms with Gasteiger partial charge in [-0.3, -0.25) is 14.2 Å². The number of benzene rings is 1. The van der Waals surface area contributed by atoms with Crippen LogP contribution in [0.25, 0.3) is 11.3 Å². The van der Waals surface area contributed by atoms with E-state index in [9.17, 15) is 18.0 Å². The molecule has 0 atom stereocenters. The minimum Gasteiger partial charge on any atom is -0.349 e. The standard InChI is InChI=1S/C16H15F3N6O/c1-24-9-12(16(17,18)19)14(22-24)15(26)20-7-8-25-10-13(21-23-25)11-5-3-2-4-6-11/h2-6,9-10H,7-8H2,1H3,(H,20,26). The van der Waals surface area contributed by atoms with Crippen LogP contribution in [0.5, 0.6) is 0 Å². The van der Waals surface area contributed by atoms with E-state index < -0.39 is 23.3 Å². The molecular weight excluding hydrogens is 349 g/mol. The number of carbonyl (C=O) groups is 1. The smallest absolute Gasteiger partial charge is 0.349 e. The molecule has 0 fully saturated rings. The number of rotatable bonds is 5. The third-order valence-electron chi connectivity index (χ3n) is 3.58. The summed E-state index contributed by atoms with van der Waals surface area (Å²) < 4.78 is 41.2. The van der Waals surface area contributed by atoms with E-state index in [1.807, 2.05) is 30.3 Å². The van der Waals surface area contributed by atoms with Gasteiger partial charge in [0.25, 0.3) is 5.91 Å². The van der Waals surface area contributed by atoms with Gasteiger partial charge in [0.2, 0.25) is 0 Å². The van der Waals surface area contributed by atoms with Gasteiger partial charge in [-0.1, -0.05) is 35.5 Å². The van der Waals surface area contributed by atoms with Gasteiger partial charge in [0.15, 0.2) is 5.69 Å². The number of amides is 1. The largest absolute Gasteiger partial charge is 0.420 e. The average molecular weight is 364 g/mol. The van der Waals surface area contributed by atoms with Crippen molar-refractivity contribution in [2.75, 3.05) is 6.54 Å². The number of aromatic nitrogens is 5. The van der Waals surface area contributed by atoms with Crippen molar-refractivity contribution >= 4 is 5.91 Å². The topological polar surface area (TPSA) is 77.6 Å². The second kappa shape index (κ2) is 6.98. The van der Waals surface area contributed by atoms with Crippen LogP contribution in [0.4, 0.5) is 13.2 Å². The van der Waals surface area contributed by atoms with E-state index in [4.69, 9.17) is 0 Å². The number of nitrogens with one attached hydrogen (secondary N) is 1. The molecule has 1 N–H and O–H groups in total. The molecule has 1 aromatic carbocycles. The zero-order chi connectivity index (χ0) is 18.7. The number of halogens is 3. The van der Waals surface area contributed by atoms with Gasteiger partial charge in [-0.2, -0.15) is 18.3 Å². The molecular formula is C16H15F3N6O. The van der Waals surface area contributed by atoms with E-state index in [0.717, 1.165) is 16.4 Å². The molecule has 0 spiro atoms. The summed E-state index contributed by atoms with van der Waals surface area (Å²) in [7, 11) is 1.33. The summed E-state index contributed by atoms with van der Waals surface area (Å²) in [5.74, 6) is -0.888. The molecule has 0 aliphatic rings. The number of alkyl halides is 3. The molecule has 10 heteroatoms. The molecule has 0 aliphatic carbocycles.